The summed E-state index contributed by atoms with van der Waals surface area (Å²) in [6.45, 7) is 3.23. The molecular formula is C18H14FNO2S. The molecule has 3 nitrogen and oxygen atoms in total. The van der Waals surface area contributed by atoms with Gasteiger partial charge >= 0.3 is 0 Å². The maximum atomic E-state index is 13.9. The van der Waals surface area contributed by atoms with Gasteiger partial charge in [-0.1, -0.05) is 6.07 Å². The number of carbonyl (C=O) groups is 2. The number of Topliss-reactive ketones (excluding diaryl/α,β-unsaturated/α-hetero) is 1. The number of anilines is 1. The molecule has 1 aromatic heterocycles. The molecule has 116 valence electrons. The van der Waals surface area contributed by atoms with Gasteiger partial charge in [-0.2, -0.15) is 0 Å². The number of amides is 1. The fraction of sp³-hybridized carbons (Fsp3) is 0.111. The standard InChI is InChI=1S/C18H14FNO2S/c1-10-16-14(19)4-3-5-15(16)23-17(10)18(22)20-13-8-6-12(7-9-13)11(2)21/h3-9H,1-2H3,(H,20,22). The topological polar surface area (TPSA) is 46.2 Å². The van der Waals surface area contributed by atoms with Crippen molar-refractivity contribution >= 4 is 38.8 Å². The predicted octanol–water partition coefficient (Wildman–Crippen LogP) is 4.80. The van der Waals surface area contributed by atoms with Crippen molar-refractivity contribution in [2.45, 2.75) is 13.8 Å². The highest BCUT2D eigenvalue weighted by Crippen LogP contribution is 2.33. The Bertz CT molecular complexity index is 913. The number of ketones is 1. The number of hydrogen-bond donors (Lipinski definition) is 1. The summed E-state index contributed by atoms with van der Waals surface area (Å²) < 4.78 is 14.7. The largest absolute Gasteiger partial charge is 0.321 e. The molecule has 0 unspecified atom stereocenters. The summed E-state index contributed by atoms with van der Waals surface area (Å²) in [5.41, 5.74) is 1.82. The molecule has 0 aliphatic rings. The molecule has 1 heterocycles. The van der Waals surface area contributed by atoms with Gasteiger partial charge in [0.1, 0.15) is 5.82 Å². The zero-order valence-corrected chi connectivity index (χ0v) is 13.5. The first kappa shape index (κ1) is 15.4. The summed E-state index contributed by atoms with van der Waals surface area (Å²) in [6.07, 6.45) is 0. The smallest absolute Gasteiger partial charge is 0.266 e. The molecule has 0 saturated heterocycles. The number of fused-ring (bicyclic) bond motifs is 1. The summed E-state index contributed by atoms with van der Waals surface area (Å²) >= 11 is 1.27. The molecule has 0 spiro atoms. The van der Waals surface area contributed by atoms with Crippen LogP contribution in [0.4, 0.5) is 10.1 Å². The maximum absolute atomic E-state index is 13.9. The molecule has 1 N–H and O–H groups in total. The van der Waals surface area contributed by atoms with E-state index in [1.165, 1.54) is 24.3 Å². The van der Waals surface area contributed by atoms with Crippen LogP contribution in [-0.4, -0.2) is 11.7 Å². The lowest BCUT2D eigenvalue weighted by Gasteiger charge is -2.05. The van der Waals surface area contributed by atoms with Gasteiger partial charge in [0.15, 0.2) is 5.78 Å². The van der Waals surface area contributed by atoms with E-state index in [0.29, 0.717) is 27.1 Å². The minimum Gasteiger partial charge on any atom is -0.321 e. The zero-order valence-electron chi connectivity index (χ0n) is 12.6. The minimum absolute atomic E-state index is 0.0290. The van der Waals surface area contributed by atoms with Gasteiger partial charge in [-0.15, -0.1) is 11.3 Å². The lowest BCUT2D eigenvalue weighted by atomic mass is 10.1. The summed E-state index contributed by atoms with van der Waals surface area (Å²) in [5.74, 6) is -0.626. The normalized spacial score (nSPS) is 10.7. The highest BCUT2D eigenvalue weighted by Gasteiger charge is 2.17. The Hall–Kier alpha value is -2.53. The van der Waals surface area contributed by atoms with Crippen molar-refractivity contribution < 1.29 is 14.0 Å². The van der Waals surface area contributed by atoms with E-state index in [0.717, 1.165) is 4.70 Å². The van der Waals surface area contributed by atoms with Crippen LogP contribution >= 0.6 is 11.3 Å². The number of aryl methyl sites for hydroxylation is 1. The quantitative estimate of drug-likeness (QED) is 0.702. The lowest BCUT2D eigenvalue weighted by Crippen LogP contribution is -2.11. The highest BCUT2D eigenvalue weighted by molar-refractivity contribution is 7.21. The van der Waals surface area contributed by atoms with Crippen LogP contribution in [0.2, 0.25) is 0 Å². The van der Waals surface area contributed by atoms with Crippen molar-refractivity contribution in [2.75, 3.05) is 5.32 Å². The number of rotatable bonds is 3. The van der Waals surface area contributed by atoms with E-state index in [1.54, 1.807) is 43.3 Å². The van der Waals surface area contributed by atoms with Crippen LogP contribution in [0.5, 0.6) is 0 Å². The minimum atomic E-state index is -0.318. The fourth-order valence-electron chi connectivity index (χ4n) is 2.45. The number of carbonyl (C=O) groups excluding carboxylic acids is 2. The van der Waals surface area contributed by atoms with Crippen LogP contribution in [0, 0.1) is 12.7 Å². The van der Waals surface area contributed by atoms with Crippen molar-refractivity contribution in [3.63, 3.8) is 0 Å². The van der Waals surface area contributed by atoms with Gasteiger partial charge in [0.2, 0.25) is 0 Å². The molecule has 1 amide bonds. The van der Waals surface area contributed by atoms with Crippen LogP contribution in [0.15, 0.2) is 42.5 Å². The number of nitrogens with one attached hydrogen (secondary N) is 1. The Kier molecular flexibility index (Phi) is 3.96. The first-order valence-electron chi connectivity index (χ1n) is 7.07. The van der Waals surface area contributed by atoms with Gasteiger partial charge in [-0.3, -0.25) is 9.59 Å². The lowest BCUT2D eigenvalue weighted by molar-refractivity contribution is 0.101. The van der Waals surface area contributed by atoms with Gasteiger partial charge < -0.3 is 5.32 Å². The zero-order chi connectivity index (χ0) is 16.6. The van der Waals surface area contributed by atoms with Crippen molar-refractivity contribution in [1.82, 2.24) is 0 Å². The second kappa shape index (κ2) is 5.93. The molecule has 5 heteroatoms. The fourth-order valence-corrected chi connectivity index (χ4v) is 3.56. The highest BCUT2D eigenvalue weighted by atomic mass is 32.1. The molecule has 0 aliphatic heterocycles. The monoisotopic (exact) mass is 327 g/mol. The van der Waals surface area contributed by atoms with E-state index in [9.17, 15) is 14.0 Å². The van der Waals surface area contributed by atoms with E-state index in [-0.39, 0.29) is 17.5 Å². The van der Waals surface area contributed by atoms with Crippen molar-refractivity contribution in [2.24, 2.45) is 0 Å². The van der Waals surface area contributed by atoms with Gasteiger partial charge in [0.25, 0.3) is 5.91 Å². The van der Waals surface area contributed by atoms with Crippen LogP contribution in [-0.2, 0) is 0 Å². The van der Waals surface area contributed by atoms with Crippen LogP contribution in [0.1, 0.15) is 32.5 Å². The Balaban J connectivity index is 1.90. The summed E-state index contributed by atoms with van der Waals surface area (Å²) in [5, 5.41) is 3.28. The predicted molar refractivity (Wildman–Crippen MR) is 90.9 cm³/mol. The van der Waals surface area contributed by atoms with Crippen LogP contribution in [0.25, 0.3) is 10.1 Å². The van der Waals surface area contributed by atoms with E-state index in [1.807, 2.05) is 0 Å². The summed E-state index contributed by atoms with van der Waals surface area (Å²) in [6, 6.07) is 11.5. The third-order valence-corrected chi connectivity index (χ3v) is 4.91. The second-order valence-corrected chi connectivity index (χ2v) is 6.31. The molecular weight excluding hydrogens is 313 g/mol. The van der Waals surface area contributed by atoms with E-state index in [4.69, 9.17) is 0 Å². The third-order valence-electron chi connectivity index (χ3n) is 3.66. The SMILES string of the molecule is CC(=O)c1ccc(NC(=O)c2sc3cccc(F)c3c2C)cc1. The Morgan fingerprint density at radius 3 is 2.39 bits per heavy atom. The Labute approximate surface area is 136 Å². The van der Waals surface area contributed by atoms with Gasteiger partial charge in [0, 0.05) is 21.3 Å². The number of thiophene rings is 1. The molecule has 3 rings (SSSR count). The molecule has 3 aromatic rings. The first-order chi connectivity index (χ1) is 11.0. The number of benzene rings is 2. The van der Waals surface area contributed by atoms with E-state index in [2.05, 4.69) is 5.32 Å². The van der Waals surface area contributed by atoms with Crippen molar-refractivity contribution in [3.05, 3.63) is 64.3 Å². The molecule has 0 aliphatic carbocycles. The molecule has 0 atom stereocenters. The van der Waals surface area contributed by atoms with Gasteiger partial charge in [-0.25, -0.2) is 4.39 Å². The number of hydrogen-bond acceptors (Lipinski definition) is 3. The van der Waals surface area contributed by atoms with Crippen LogP contribution in [0.3, 0.4) is 0 Å². The van der Waals surface area contributed by atoms with Crippen molar-refractivity contribution in [1.29, 1.82) is 0 Å². The molecule has 0 fully saturated rings. The average Bonchev–Trinajstić information content (AvgIpc) is 2.86. The molecule has 0 saturated carbocycles. The second-order valence-electron chi connectivity index (χ2n) is 5.26. The summed E-state index contributed by atoms with van der Waals surface area (Å²) in [7, 11) is 0. The first-order valence-corrected chi connectivity index (χ1v) is 7.89. The summed E-state index contributed by atoms with van der Waals surface area (Å²) in [4.78, 5) is 24.2. The van der Waals surface area contributed by atoms with Crippen LogP contribution < -0.4 is 5.32 Å². The number of halogens is 1. The van der Waals surface area contributed by atoms with Gasteiger partial charge in [0.05, 0.1) is 4.88 Å². The van der Waals surface area contributed by atoms with Crippen molar-refractivity contribution in [3.8, 4) is 0 Å². The van der Waals surface area contributed by atoms with E-state index >= 15 is 0 Å². The van der Waals surface area contributed by atoms with Gasteiger partial charge in [-0.05, 0) is 55.8 Å². The van der Waals surface area contributed by atoms with E-state index < -0.39 is 0 Å². The third kappa shape index (κ3) is 2.87. The average molecular weight is 327 g/mol. The molecule has 2 aromatic carbocycles. The molecule has 0 radical (unpaired) electrons. The Morgan fingerprint density at radius 1 is 1.09 bits per heavy atom. The Morgan fingerprint density at radius 2 is 1.78 bits per heavy atom. The molecule has 23 heavy (non-hydrogen) atoms. The molecule has 0 bridgehead atoms. The maximum Gasteiger partial charge on any atom is 0.266 e.